The summed E-state index contributed by atoms with van der Waals surface area (Å²) in [6.45, 7) is 5.51. The molecule has 2 atom stereocenters. The largest absolute Gasteiger partial charge is 0.493 e. The van der Waals surface area contributed by atoms with E-state index in [0.29, 0.717) is 19.1 Å². The average Bonchev–Trinajstić information content (AvgIpc) is 2.97. The van der Waals surface area contributed by atoms with E-state index in [9.17, 15) is 0 Å². The van der Waals surface area contributed by atoms with Crippen LogP contribution in [0.4, 0.5) is 0 Å². The Morgan fingerprint density at radius 1 is 0.872 bits per heavy atom. The van der Waals surface area contributed by atoms with Crippen molar-refractivity contribution < 1.29 is 9.47 Å². The van der Waals surface area contributed by atoms with Gasteiger partial charge in [0.15, 0.2) is 0 Å². The van der Waals surface area contributed by atoms with Crippen molar-refractivity contribution in [2.75, 3.05) is 13.2 Å². The first kappa shape index (κ1) is 27.1. The Hall–Kier alpha value is -3.53. The number of benzene rings is 2. The molecule has 0 spiro atoms. The lowest BCUT2D eigenvalue weighted by molar-refractivity contribution is 0.195. The fraction of sp³-hybridized carbons (Fsp3) is 0.400. The van der Waals surface area contributed by atoms with E-state index >= 15 is 0 Å². The second-order valence-electron chi connectivity index (χ2n) is 11.5. The molecule has 4 heteroatoms. The smallest absolute Gasteiger partial charge is 0.119 e. The van der Waals surface area contributed by atoms with Gasteiger partial charge in [-0.05, 0) is 77.7 Å². The van der Waals surface area contributed by atoms with Crippen molar-refractivity contribution in [3.8, 4) is 5.75 Å². The molecule has 0 amide bonds. The predicted octanol–water partition coefficient (Wildman–Crippen LogP) is 8.01. The third-order valence-electron chi connectivity index (χ3n) is 8.80. The lowest BCUT2D eigenvalue weighted by Crippen LogP contribution is -2.30. The van der Waals surface area contributed by atoms with Gasteiger partial charge in [-0.3, -0.25) is 5.41 Å². The molecule has 2 aromatic carbocycles. The first-order valence-corrected chi connectivity index (χ1v) is 14.5. The van der Waals surface area contributed by atoms with Crippen LogP contribution in [0, 0.1) is 17.2 Å². The molecule has 39 heavy (non-hydrogen) atoms. The zero-order valence-corrected chi connectivity index (χ0v) is 23.4. The van der Waals surface area contributed by atoms with E-state index in [0.717, 1.165) is 29.9 Å². The maximum Gasteiger partial charge on any atom is 0.119 e. The molecular formula is C35H42N2O2. The second-order valence-corrected chi connectivity index (χ2v) is 11.5. The van der Waals surface area contributed by atoms with E-state index in [2.05, 4.69) is 80.6 Å². The normalized spacial score (nSPS) is 22.6. The van der Waals surface area contributed by atoms with Gasteiger partial charge >= 0.3 is 0 Å². The second kappa shape index (κ2) is 12.1. The van der Waals surface area contributed by atoms with Gasteiger partial charge in [0.1, 0.15) is 24.8 Å². The third kappa shape index (κ3) is 6.21. The molecule has 0 heterocycles. The number of hydrogen-bond acceptors (Lipinski definition) is 3. The lowest BCUT2D eigenvalue weighted by Gasteiger charge is -2.38. The number of allylic oxidation sites excluding steroid dienone is 4. The van der Waals surface area contributed by atoms with Crippen molar-refractivity contribution in [2.24, 2.45) is 17.6 Å². The third-order valence-corrected chi connectivity index (χ3v) is 8.80. The Morgan fingerprint density at radius 3 is 2.28 bits per heavy atom. The fourth-order valence-electron chi connectivity index (χ4n) is 6.30. The highest BCUT2D eigenvalue weighted by Gasteiger charge is 2.35. The van der Waals surface area contributed by atoms with Gasteiger partial charge < -0.3 is 15.2 Å². The summed E-state index contributed by atoms with van der Waals surface area (Å²) in [6, 6.07) is 19.9. The zero-order chi connectivity index (χ0) is 27.2. The maximum absolute atomic E-state index is 7.67. The topological polar surface area (TPSA) is 68.3 Å². The number of ether oxygens (including phenoxy) is 2. The van der Waals surface area contributed by atoms with Crippen LogP contribution in [-0.2, 0) is 10.2 Å². The minimum Gasteiger partial charge on any atom is -0.493 e. The van der Waals surface area contributed by atoms with Gasteiger partial charge in [-0.1, -0.05) is 93.8 Å². The highest BCUT2D eigenvalue weighted by molar-refractivity contribution is 5.94. The Kier molecular flexibility index (Phi) is 8.40. The van der Waals surface area contributed by atoms with E-state index in [1.807, 2.05) is 12.2 Å². The molecular weight excluding hydrogens is 480 g/mol. The Labute approximate surface area is 233 Å². The summed E-state index contributed by atoms with van der Waals surface area (Å²) in [5.41, 5.74) is 12.0. The molecule has 2 unspecified atom stereocenters. The van der Waals surface area contributed by atoms with Gasteiger partial charge in [0, 0.05) is 11.3 Å². The summed E-state index contributed by atoms with van der Waals surface area (Å²) >= 11 is 0. The summed E-state index contributed by atoms with van der Waals surface area (Å²) < 4.78 is 12.5. The van der Waals surface area contributed by atoms with Crippen molar-refractivity contribution >= 4 is 5.84 Å². The van der Waals surface area contributed by atoms with Crippen LogP contribution in [0.3, 0.4) is 0 Å². The standard InChI is InChI=1S/C35H42N2O2/c1-25-11-12-27(22-29(25)24-39-33-18-13-28(34(36)37)21-26(33)2)23-38-32-16-14-31(15-17-32)35(19-7-4-8-20-35)30-9-5-3-6-10-30/h3,5-6,9-10,12-18,22,25-26H,4,7-8,11,19-21,23-24H2,1-2H3,(H3,36,37). The molecule has 3 aliphatic carbocycles. The maximum atomic E-state index is 7.67. The SMILES string of the molecule is CC1CC=C(COc2ccc(C3(c4ccccc4)CCCCC3)cc2)C=C1COC1=CC=C(C(=N)N)CC1C. The van der Waals surface area contributed by atoms with Crippen LogP contribution < -0.4 is 10.5 Å². The molecule has 1 saturated carbocycles. The number of amidine groups is 1. The summed E-state index contributed by atoms with van der Waals surface area (Å²) in [7, 11) is 0. The van der Waals surface area contributed by atoms with Gasteiger partial charge in [0.25, 0.3) is 0 Å². The fourth-order valence-corrected chi connectivity index (χ4v) is 6.30. The number of nitrogens with two attached hydrogens (primary N) is 1. The van der Waals surface area contributed by atoms with Gasteiger partial charge in [0.05, 0.1) is 5.76 Å². The van der Waals surface area contributed by atoms with E-state index < -0.39 is 0 Å². The van der Waals surface area contributed by atoms with E-state index in [1.54, 1.807) is 0 Å². The zero-order valence-electron chi connectivity index (χ0n) is 23.4. The van der Waals surface area contributed by atoms with Gasteiger partial charge in [0.2, 0.25) is 0 Å². The summed E-state index contributed by atoms with van der Waals surface area (Å²) in [5.74, 6) is 2.70. The number of nitrogens with one attached hydrogen (secondary N) is 1. The monoisotopic (exact) mass is 522 g/mol. The predicted molar refractivity (Wildman–Crippen MR) is 160 cm³/mol. The van der Waals surface area contributed by atoms with Crippen LogP contribution in [0.15, 0.2) is 101 Å². The van der Waals surface area contributed by atoms with Gasteiger partial charge in [-0.2, -0.15) is 0 Å². The van der Waals surface area contributed by atoms with Gasteiger partial charge in [-0.15, -0.1) is 0 Å². The Balaban J connectivity index is 1.21. The van der Waals surface area contributed by atoms with Crippen LogP contribution in [0.2, 0.25) is 0 Å². The molecule has 0 radical (unpaired) electrons. The van der Waals surface area contributed by atoms with E-state index in [-0.39, 0.29) is 17.2 Å². The molecule has 1 fully saturated rings. The molecule has 5 rings (SSSR count). The van der Waals surface area contributed by atoms with Crippen molar-refractivity contribution in [1.29, 1.82) is 5.41 Å². The molecule has 4 nitrogen and oxygen atoms in total. The molecule has 3 N–H and O–H groups in total. The first-order chi connectivity index (χ1) is 18.9. The summed E-state index contributed by atoms with van der Waals surface area (Å²) in [4.78, 5) is 0. The minimum absolute atomic E-state index is 0.117. The molecule has 2 aromatic rings. The Morgan fingerprint density at radius 2 is 1.59 bits per heavy atom. The van der Waals surface area contributed by atoms with Crippen LogP contribution in [0.1, 0.15) is 69.9 Å². The highest BCUT2D eigenvalue weighted by atomic mass is 16.5. The van der Waals surface area contributed by atoms with Crippen LogP contribution >= 0.6 is 0 Å². The van der Waals surface area contributed by atoms with Crippen molar-refractivity contribution in [2.45, 2.75) is 64.2 Å². The quantitative estimate of drug-likeness (QED) is 0.259. The van der Waals surface area contributed by atoms with Crippen molar-refractivity contribution in [3.05, 3.63) is 113 Å². The van der Waals surface area contributed by atoms with Crippen molar-refractivity contribution in [1.82, 2.24) is 0 Å². The van der Waals surface area contributed by atoms with E-state index in [1.165, 1.54) is 54.4 Å². The molecule has 0 aromatic heterocycles. The summed E-state index contributed by atoms with van der Waals surface area (Å²) in [5, 5.41) is 7.67. The molecule has 204 valence electrons. The Bertz CT molecular complexity index is 1280. The number of rotatable bonds is 9. The highest BCUT2D eigenvalue weighted by Crippen LogP contribution is 2.45. The van der Waals surface area contributed by atoms with Crippen LogP contribution in [-0.4, -0.2) is 19.0 Å². The van der Waals surface area contributed by atoms with Gasteiger partial charge in [-0.25, -0.2) is 0 Å². The van der Waals surface area contributed by atoms with E-state index in [4.69, 9.17) is 20.6 Å². The average molecular weight is 523 g/mol. The first-order valence-electron chi connectivity index (χ1n) is 14.5. The minimum atomic E-state index is 0.117. The van der Waals surface area contributed by atoms with Crippen molar-refractivity contribution in [3.63, 3.8) is 0 Å². The molecule has 3 aliphatic rings. The lowest BCUT2D eigenvalue weighted by atomic mass is 9.65. The van der Waals surface area contributed by atoms with Crippen LogP contribution in [0.5, 0.6) is 5.75 Å². The molecule has 0 aliphatic heterocycles. The molecule has 0 bridgehead atoms. The number of hydrogen-bond donors (Lipinski definition) is 2. The van der Waals surface area contributed by atoms with Crippen LogP contribution in [0.25, 0.3) is 0 Å². The summed E-state index contributed by atoms with van der Waals surface area (Å²) in [6.07, 6.45) is 16.5. The molecule has 0 saturated heterocycles.